The van der Waals surface area contributed by atoms with Crippen molar-refractivity contribution in [2.75, 3.05) is 11.5 Å². The Morgan fingerprint density at radius 1 is 1.29 bits per heavy atom. The molecule has 0 aromatic carbocycles. The number of pyridine rings is 1. The van der Waals surface area contributed by atoms with Crippen molar-refractivity contribution in [1.82, 2.24) is 24.9 Å². The van der Waals surface area contributed by atoms with Gasteiger partial charge in [0.1, 0.15) is 18.0 Å². The number of hydrogen-bond acceptors (Lipinski definition) is 7. The van der Waals surface area contributed by atoms with E-state index in [0.717, 1.165) is 18.5 Å². The minimum Gasteiger partial charge on any atom is -0.486 e. The molecule has 5 heterocycles. The third-order valence-electron chi connectivity index (χ3n) is 4.99. The average molecular weight is 438 g/mol. The number of carbonyl (C=O) groups is 1. The maximum Gasteiger partial charge on any atom is 0.445 e. The van der Waals surface area contributed by atoms with Crippen LogP contribution in [0.25, 0.3) is 5.65 Å². The van der Waals surface area contributed by atoms with Gasteiger partial charge in [0.15, 0.2) is 17.2 Å². The molecule has 0 aliphatic carbocycles. The molecule has 31 heavy (non-hydrogen) atoms. The highest BCUT2D eigenvalue weighted by Crippen LogP contribution is 2.36. The lowest BCUT2D eigenvalue weighted by Crippen LogP contribution is -2.50. The maximum atomic E-state index is 13.9. The molecule has 0 fully saturated rings. The highest BCUT2D eigenvalue weighted by atomic mass is 19.4. The number of carbonyl (C=O) groups excluding carboxylic acids is 1. The van der Waals surface area contributed by atoms with Gasteiger partial charge in [-0.15, -0.1) is 0 Å². The van der Waals surface area contributed by atoms with Gasteiger partial charge in [0.25, 0.3) is 12.1 Å². The molecule has 3 aromatic rings. The van der Waals surface area contributed by atoms with Gasteiger partial charge in [-0.3, -0.25) is 4.79 Å². The number of nitrogens with zero attached hydrogens (tertiary/aromatic N) is 5. The van der Waals surface area contributed by atoms with Gasteiger partial charge in [0.05, 0.1) is 31.2 Å². The van der Waals surface area contributed by atoms with Crippen molar-refractivity contribution < 1.29 is 31.8 Å². The van der Waals surface area contributed by atoms with E-state index in [0.29, 0.717) is 11.6 Å². The molecule has 1 unspecified atom stereocenters. The summed E-state index contributed by atoms with van der Waals surface area (Å²) in [4.78, 5) is 22.5. The molecule has 0 radical (unpaired) electrons. The summed E-state index contributed by atoms with van der Waals surface area (Å²) in [6.07, 6.45) is -4.34. The summed E-state index contributed by atoms with van der Waals surface area (Å²) in [6.45, 7) is 2.01. The Bertz CT molecular complexity index is 1200. The van der Waals surface area contributed by atoms with Crippen LogP contribution < -0.4 is 19.7 Å². The molecule has 2 aliphatic rings. The molecular formula is C18H14F4N6O3. The van der Waals surface area contributed by atoms with E-state index in [9.17, 15) is 22.4 Å². The van der Waals surface area contributed by atoms with Crippen LogP contribution in [-0.2, 0) is 6.54 Å². The second-order valence-electron chi connectivity index (χ2n) is 7.17. The fraction of sp³-hybridized carbons (Fsp3) is 0.333. The van der Waals surface area contributed by atoms with Crippen LogP contribution in [0.4, 0.5) is 23.4 Å². The van der Waals surface area contributed by atoms with E-state index < -0.39 is 30.0 Å². The van der Waals surface area contributed by atoms with Crippen LogP contribution in [-0.4, -0.2) is 50.5 Å². The Morgan fingerprint density at radius 2 is 2.10 bits per heavy atom. The summed E-state index contributed by atoms with van der Waals surface area (Å²) in [7, 11) is 0. The monoisotopic (exact) mass is 438 g/mol. The van der Waals surface area contributed by atoms with Crippen LogP contribution >= 0.6 is 0 Å². The van der Waals surface area contributed by atoms with Gasteiger partial charge >= 0.3 is 6.18 Å². The summed E-state index contributed by atoms with van der Waals surface area (Å²) in [6, 6.07) is 0.772. The number of aromatic nitrogens is 4. The van der Waals surface area contributed by atoms with Gasteiger partial charge in [-0.1, -0.05) is 0 Å². The Labute approximate surface area is 171 Å². The number of alkyl halides is 3. The van der Waals surface area contributed by atoms with Crippen LogP contribution in [0, 0.1) is 5.82 Å². The van der Waals surface area contributed by atoms with Crippen LogP contribution in [0.2, 0.25) is 0 Å². The van der Waals surface area contributed by atoms with E-state index in [2.05, 4.69) is 15.1 Å². The third-order valence-corrected chi connectivity index (χ3v) is 4.99. The lowest BCUT2D eigenvalue weighted by atomic mass is 10.1. The lowest BCUT2D eigenvalue weighted by molar-refractivity contribution is -0.201. The van der Waals surface area contributed by atoms with Gasteiger partial charge in [-0.2, -0.15) is 18.3 Å². The first-order valence-corrected chi connectivity index (χ1v) is 9.17. The molecule has 13 heteroatoms. The highest BCUT2D eigenvalue weighted by molar-refractivity contribution is 6.00. The fourth-order valence-electron chi connectivity index (χ4n) is 3.45. The van der Waals surface area contributed by atoms with Gasteiger partial charge in [0.2, 0.25) is 5.88 Å². The predicted octanol–water partition coefficient (Wildman–Crippen LogP) is 2.06. The van der Waals surface area contributed by atoms with Crippen molar-refractivity contribution in [2.24, 2.45) is 0 Å². The Hall–Kier alpha value is -3.64. The average Bonchev–Trinajstić information content (AvgIpc) is 3.11. The van der Waals surface area contributed by atoms with E-state index in [4.69, 9.17) is 9.47 Å². The fourth-order valence-corrected chi connectivity index (χ4v) is 3.45. The van der Waals surface area contributed by atoms with Crippen LogP contribution in [0.5, 0.6) is 11.6 Å². The standard InChI is InChI=1S/C18H14F4N6O3/c1-8-7-30-12-6-28-13-11(4-24-28)15(29)26-17(18(20,21)22)31-16-9(2-10(19)3-23-16)5-27(8)14(12)25-13/h2-4,6,8,17H,5,7H2,1H3,(H,26,29)/t8-,17?/m1/s1. The predicted molar refractivity (Wildman–Crippen MR) is 96.3 cm³/mol. The molecule has 1 N–H and O–H groups in total. The minimum absolute atomic E-state index is 0.0399. The van der Waals surface area contributed by atoms with Crippen molar-refractivity contribution in [3.63, 3.8) is 0 Å². The van der Waals surface area contributed by atoms with Crippen molar-refractivity contribution in [2.45, 2.75) is 31.9 Å². The molecule has 3 aromatic heterocycles. The molecule has 0 saturated heterocycles. The molecule has 2 atom stereocenters. The number of rotatable bonds is 0. The quantitative estimate of drug-likeness (QED) is 0.537. The van der Waals surface area contributed by atoms with Gasteiger partial charge in [0, 0.05) is 5.56 Å². The summed E-state index contributed by atoms with van der Waals surface area (Å²) in [5, 5.41) is 5.78. The zero-order chi connectivity index (χ0) is 21.9. The summed E-state index contributed by atoms with van der Waals surface area (Å²) < 4.78 is 66.7. The van der Waals surface area contributed by atoms with Crippen LogP contribution in [0.3, 0.4) is 0 Å². The summed E-state index contributed by atoms with van der Waals surface area (Å²) in [5.74, 6) is -1.60. The molecular weight excluding hydrogens is 424 g/mol. The number of ether oxygens (including phenoxy) is 2. The Balaban J connectivity index is 1.74. The normalized spacial score (nSPS) is 20.9. The zero-order valence-corrected chi connectivity index (χ0v) is 15.9. The number of amides is 1. The van der Waals surface area contributed by atoms with Crippen LogP contribution in [0.15, 0.2) is 24.7 Å². The number of anilines is 1. The Kier molecular flexibility index (Phi) is 4.17. The van der Waals surface area contributed by atoms with E-state index in [1.165, 1.54) is 10.7 Å². The topological polar surface area (TPSA) is 93.9 Å². The SMILES string of the molecule is C[C@@H]1COc2cn3ncc4c3nc2N1Cc1cc(F)cnc1OC(C(F)(F)F)NC4=O. The Morgan fingerprint density at radius 3 is 2.87 bits per heavy atom. The molecule has 1 amide bonds. The first-order chi connectivity index (χ1) is 14.7. The number of nitrogens with one attached hydrogen (secondary N) is 1. The van der Waals surface area contributed by atoms with Gasteiger partial charge in [-0.25, -0.2) is 18.9 Å². The van der Waals surface area contributed by atoms with Crippen molar-refractivity contribution in [3.05, 3.63) is 41.6 Å². The van der Waals surface area contributed by atoms with Gasteiger partial charge < -0.3 is 19.7 Å². The first-order valence-electron chi connectivity index (χ1n) is 9.17. The molecule has 0 spiro atoms. The smallest absolute Gasteiger partial charge is 0.445 e. The van der Waals surface area contributed by atoms with E-state index in [1.54, 1.807) is 10.2 Å². The molecule has 9 nitrogen and oxygen atoms in total. The van der Waals surface area contributed by atoms with Crippen molar-refractivity contribution >= 4 is 17.4 Å². The largest absolute Gasteiger partial charge is 0.486 e. The second-order valence-corrected chi connectivity index (χ2v) is 7.17. The van der Waals surface area contributed by atoms with Crippen LogP contribution in [0.1, 0.15) is 22.8 Å². The lowest BCUT2D eigenvalue weighted by Gasteiger charge is -2.36. The number of fused-ring (bicyclic) bond motifs is 1. The van der Waals surface area contributed by atoms with E-state index in [1.807, 2.05) is 6.92 Å². The molecule has 2 bridgehead atoms. The van der Waals surface area contributed by atoms with E-state index >= 15 is 0 Å². The van der Waals surface area contributed by atoms with Crippen molar-refractivity contribution in [1.29, 1.82) is 0 Å². The molecule has 162 valence electrons. The number of hydrogen-bond donors (Lipinski definition) is 1. The number of halogens is 4. The molecule has 2 aliphatic heterocycles. The molecule has 5 rings (SSSR count). The van der Waals surface area contributed by atoms with Crippen molar-refractivity contribution in [3.8, 4) is 11.6 Å². The summed E-state index contributed by atoms with van der Waals surface area (Å²) >= 11 is 0. The zero-order valence-electron chi connectivity index (χ0n) is 15.9. The third kappa shape index (κ3) is 3.25. The highest BCUT2D eigenvalue weighted by Gasteiger charge is 2.44. The van der Waals surface area contributed by atoms with E-state index in [-0.39, 0.29) is 36.0 Å². The first kappa shape index (κ1) is 19.3. The second kappa shape index (κ2) is 6.68. The minimum atomic E-state index is -4.96. The summed E-state index contributed by atoms with van der Waals surface area (Å²) in [5.41, 5.74) is -0.0797. The maximum absolute atomic E-state index is 13.9. The van der Waals surface area contributed by atoms with Gasteiger partial charge in [-0.05, 0) is 13.0 Å². The molecule has 0 saturated carbocycles.